The number of amides is 1. The fraction of sp³-hybridized carbons (Fsp3) is 0.750. The number of ether oxygens (including phenoxy) is 2. The SMILES string of the molecule is CN(COC=O)C(=O)OC(C)(C)C. The summed E-state index contributed by atoms with van der Waals surface area (Å²) in [6.45, 7) is 5.47. The number of hydrogen-bond donors (Lipinski definition) is 0. The molecule has 13 heavy (non-hydrogen) atoms. The first kappa shape index (κ1) is 11.7. The molecule has 0 heterocycles. The Morgan fingerprint density at radius 2 is 2.00 bits per heavy atom. The van der Waals surface area contributed by atoms with Crippen molar-refractivity contribution in [3.63, 3.8) is 0 Å². The van der Waals surface area contributed by atoms with Crippen molar-refractivity contribution in [3.8, 4) is 0 Å². The van der Waals surface area contributed by atoms with Gasteiger partial charge in [0, 0.05) is 7.05 Å². The molecule has 0 rings (SSSR count). The van der Waals surface area contributed by atoms with E-state index in [9.17, 15) is 9.59 Å². The van der Waals surface area contributed by atoms with Gasteiger partial charge in [0.1, 0.15) is 5.60 Å². The molecule has 0 radical (unpaired) electrons. The lowest BCUT2D eigenvalue weighted by Crippen LogP contribution is -2.35. The van der Waals surface area contributed by atoms with E-state index in [0.717, 1.165) is 0 Å². The van der Waals surface area contributed by atoms with Gasteiger partial charge >= 0.3 is 6.09 Å². The van der Waals surface area contributed by atoms with E-state index in [1.165, 1.54) is 11.9 Å². The molecule has 5 nitrogen and oxygen atoms in total. The van der Waals surface area contributed by atoms with Crippen molar-refractivity contribution < 1.29 is 19.1 Å². The van der Waals surface area contributed by atoms with Gasteiger partial charge in [0.15, 0.2) is 6.73 Å². The Morgan fingerprint density at radius 1 is 1.46 bits per heavy atom. The molecule has 0 aliphatic rings. The molecule has 0 aliphatic heterocycles. The first-order valence-electron chi connectivity index (χ1n) is 3.86. The van der Waals surface area contributed by atoms with Crippen molar-refractivity contribution in [1.82, 2.24) is 4.90 Å². The molecule has 0 unspecified atom stereocenters. The van der Waals surface area contributed by atoms with E-state index in [0.29, 0.717) is 0 Å². The van der Waals surface area contributed by atoms with Crippen molar-refractivity contribution in [2.24, 2.45) is 0 Å². The van der Waals surface area contributed by atoms with Gasteiger partial charge in [0.05, 0.1) is 0 Å². The predicted molar refractivity (Wildman–Crippen MR) is 46.0 cm³/mol. The summed E-state index contributed by atoms with van der Waals surface area (Å²) in [7, 11) is 1.48. The molecule has 0 aliphatic carbocycles. The van der Waals surface area contributed by atoms with Gasteiger partial charge in [0.2, 0.25) is 0 Å². The molecule has 0 saturated heterocycles. The van der Waals surface area contributed by atoms with E-state index in [-0.39, 0.29) is 13.2 Å². The Kier molecular flexibility index (Phi) is 4.23. The topological polar surface area (TPSA) is 55.8 Å². The second kappa shape index (κ2) is 4.69. The van der Waals surface area contributed by atoms with Crippen LogP contribution in [0.25, 0.3) is 0 Å². The molecular weight excluding hydrogens is 174 g/mol. The highest BCUT2D eigenvalue weighted by molar-refractivity contribution is 5.67. The number of hydrogen-bond acceptors (Lipinski definition) is 4. The number of nitrogens with zero attached hydrogens (tertiary/aromatic N) is 1. The maximum atomic E-state index is 11.2. The minimum atomic E-state index is -0.535. The van der Waals surface area contributed by atoms with Crippen molar-refractivity contribution >= 4 is 12.6 Å². The zero-order valence-electron chi connectivity index (χ0n) is 8.36. The first-order valence-corrected chi connectivity index (χ1v) is 3.86. The Morgan fingerprint density at radius 3 is 2.38 bits per heavy atom. The zero-order valence-corrected chi connectivity index (χ0v) is 8.36. The monoisotopic (exact) mass is 189 g/mol. The Hall–Kier alpha value is -1.26. The molecule has 0 fully saturated rings. The highest BCUT2D eigenvalue weighted by atomic mass is 16.6. The van der Waals surface area contributed by atoms with E-state index in [1.807, 2.05) is 0 Å². The minimum Gasteiger partial charge on any atom is -0.446 e. The van der Waals surface area contributed by atoms with Gasteiger partial charge in [-0.05, 0) is 20.8 Å². The van der Waals surface area contributed by atoms with Gasteiger partial charge in [0.25, 0.3) is 6.47 Å². The minimum absolute atomic E-state index is 0.0988. The summed E-state index contributed by atoms with van der Waals surface area (Å²) in [6.07, 6.45) is -0.519. The first-order chi connectivity index (χ1) is 5.87. The fourth-order valence-corrected chi connectivity index (χ4v) is 0.535. The van der Waals surface area contributed by atoms with Gasteiger partial charge in [-0.1, -0.05) is 0 Å². The molecule has 0 spiro atoms. The molecular formula is C8H15NO4. The molecule has 76 valence electrons. The number of rotatable bonds is 3. The standard InChI is InChI=1S/C8H15NO4/c1-8(2,3)13-7(11)9(4)5-12-6-10/h6H,5H2,1-4H3. The summed E-state index contributed by atoms with van der Waals surface area (Å²) in [5.41, 5.74) is -0.535. The van der Waals surface area contributed by atoms with Gasteiger partial charge in [-0.15, -0.1) is 0 Å². The Bertz CT molecular complexity index is 185. The molecule has 0 N–H and O–H groups in total. The van der Waals surface area contributed by atoms with Gasteiger partial charge in [-0.2, -0.15) is 0 Å². The van der Waals surface area contributed by atoms with E-state index in [2.05, 4.69) is 4.74 Å². The van der Waals surface area contributed by atoms with Crippen molar-refractivity contribution in [3.05, 3.63) is 0 Å². The molecule has 0 aromatic heterocycles. The van der Waals surface area contributed by atoms with Crippen LogP contribution in [0.1, 0.15) is 20.8 Å². The van der Waals surface area contributed by atoms with Crippen LogP contribution in [0.15, 0.2) is 0 Å². The smallest absolute Gasteiger partial charge is 0.412 e. The lowest BCUT2D eigenvalue weighted by atomic mass is 10.2. The zero-order chi connectivity index (χ0) is 10.5. The molecule has 0 bridgehead atoms. The van der Waals surface area contributed by atoms with E-state index in [1.54, 1.807) is 20.8 Å². The normalized spacial score (nSPS) is 10.5. The summed E-state index contributed by atoms with van der Waals surface area (Å²) in [4.78, 5) is 22.2. The summed E-state index contributed by atoms with van der Waals surface area (Å²) in [6, 6.07) is 0. The third-order valence-electron chi connectivity index (χ3n) is 1.04. The number of carbonyl (C=O) groups is 2. The Labute approximate surface area is 77.6 Å². The van der Waals surface area contributed by atoms with Crippen LogP contribution in [-0.2, 0) is 14.3 Å². The van der Waals surface area contributed by atoms with Crippen LogP contribution < -0.4 is 0 Å². The lowest BCUT2D eigenvalue weighted by Gasteiger charge is -2.23. The lowest BCUT2D eigenvalue weighted by molar-refractivity contribution is -0.132. The summed E-state index contributed by atoms with van der Waals surface area (Å²) in [5, 5.41) is 0. The van der Waals surface area contributed by atoms with Crippen LogP contribution in [0.5, 0.6) is 0 Å². The molecule has 0 aromatic carbocycles. The van der Waals surface area contributed by atoms with Gasteiger partial charge in [-0.25, -0.2) is 4.79 Å². The summed E-state index contributed by atoms with van der Waals surface area (Å²) < 4.78 is 9.36. The van der Waals surface area contributed by atoms with E-state index >= 15 is 0 Å². The summed E-state index contributed by atoms with van der Waals surface area (Å²) in [5.74, 6) is 0. The average Bonchev–Trinajstić information content (AvgIpc) is 1.96. The molecule has 0 atom stereocenters. The maximum absolute atomic E-state index is 11.2. The molecule has 0 saturated carbocycles. The maximum Gasteiger partial charge on any atom is 0.412 e. The summed E-state index contributed by atoms with van der Waals surface area (Å²) >= 11 is 0. The second-order valence-electron chi connectivity index (χ2n) is 3.57. The molecule has 1 amide bonds. The van der Waals surface area contributed by atoms with Crippen LogP contribution in [0.2, 0.25) is 0 Å². The fourth-order valence-electron chi connectivity index (χ4n) is 0.535. The molecule has 0 aromatic rings. The van der Waals surface area contributed by atoms with Crippen molar-refractivity contribution in [2.45, 2.75) is 26.4 Å². The van der Waals surface area contributed by atoms with Crippen LogP contribution in [0.4, 0.5) is 4.79 Å². The van der Waals surface area contributed by atoms with E-state index < -0.39 is 11.7 Å². The molecule has 5 heteroatoms. The second-order valence-corrected chi connectivity index (χ2v) is 3.57. The van der Waals surface area contributed by atoms with Crippen molar-refractivity contribution in [1.29, 1.82) is 0 Å². The van der Waals surface area contributed by atoms with E-state index in [4.69, 9.17) is 4.74 Å². The van der Waals surface area contributed by atoms with Crippen LogP contribution >= 0.6 is 0 Å². The number of carbonyl (C=O) groups excluding carboxylic acids is 2. The Balaban J connectivity index is 3.89. The third-order valence-corrected chi connectivity index (χ3v) is 1.04. The highest BCUT2D eigenvalue weighted by Crippen LogP contribution is 2.08. The third kappa shape index (κ3) is 5.95. The van der Waals surface area contributed by atoms with Gasteiger partial charge in [-0.3, -0.25) is 9.69 Å². The quantitative estimate of drug-likeness (QED) is 0.490. The largest absolute Gasteiger partial charge is 0.446 e. The van der Waals surface area contributed by atoms with Gasteiger partial charge < -0.3 is 9.47 Å². The van der Waals surface area contributed by atoms with Crippen LogP contribution in [0, 0.1) is 0 Å². The van der Waals surface area contributed by atoms with Crippen LogP contribution in [-0.4, -0.2) is 36.8 Å². The predicted octanol–water partition coefficient (Wildman–Crippen LogP) is 0.984. The van der Waals surface area contributed by atoms with Crippen molar-refractivity contribution in [2.75, 3.05) is 13.8 Å². The highest BCUT2D eigenvalue weighted by Gasteiger charge is 2.19. The van der Waals surface area contributed by atoms with Crippen LogP contribution in [0.3, 0.4) is 0 Å². The average molecular weight is 189 g/mol.